The van der Waals surface area contributed by atoms with E-state index in [1.54, 1.807) is 12.1 Å². The molecule has 144 valence electrons. The first kappa shape index (κ1) is 18.1. The van der Waals surface area contributed by atoms with Gasteiger partial charge in [0, 0.05) is 38.1 Å². The van der Waals surface area contributed by atoms with Crippen molar-refractivity contribution >= 4 is 5.91 Å². The number of ether oxygens (including phenoxy) is 1. The molecule has 2 aliphatic heterocycles. The van der Waals surface area contributed by atoms with E-state index in [0.29, 0.717) is 25.6 Å². The minimum absolute atomic E-state index is 0.210. The Morgan fingerprint density at radius 2 is 2.07 bits per heavy atom. The molecule has 3 heterocycles. The first-order valence-electron chi connectivity index (χ1n) is 9.72. The number of fused-ring (bicyclic) bond motifs is 1. The summed E-state index contributed by atoms with van der Waals surface area (Å²) in [5.74, 6) is 0.808. The maximum atomic E-state index is 13.8. The maximum absolute atomic E-state index is 13.8. The zero-order chi connectivity index (χ0) is 18.7. The van der Waals surface area contributed by atoms with Gasteiger partial charge in [-0.3, -0.25) is 4.79 Å². The highest BCUT2D eigenvalue weighted by Gasteiger charge is 2.35. The van der Waals surface area contributed by atoms with Crippen molar-refractivity contribution in [3.05, 3.63) is 47.3 Å². The van der Waals surface area contributed by atoms with Gasteiger partial charge in [0.2, 0.25) is 5.82 Å². The first-order valence-corrected chi connectivity index (χ1v) is 9.72. The lowest BCUT2D eigenvalue weighted by molar-refractivity contribution is 0.0484. The van der Waals surface area contributed by atoms with E-state index < -0.39 is 0 Å². The van der Waals surface area contributed by atoms with Crippen molar-refractivity contribution in [3.8, 4) is 0 Å². The Hall–Kier alpha value is -2.28. The second-order valence-corrected chi connectivity index (χ2v) is 7.49. The summed E-state index contributed by atoms with van der Waals surface area (Å²) in [5, 5.41) is 11.4. The van der Waals surface area contributed by atoms with Gasteiger partial charge < -0.3 is 14.6 Å². The number of amides is 1. The molecule has 1 N–H and O–H groups in total. The number of benzene rings is 1. The molecule has 2 aliphatic rings. The zero-order valence-corrected chi connectivity index (χ0v) is 15.4. The SMILES string of the molecule is O=C(NCC1(c2cccc(F)c2)CCOCC1)c1nnc2n1CCCCC2. The molecule has 0 aliphatic carbocycles. The van der Waals surface area contributed by atoms with E-state index in [0.717, 1.165) is 56.5 Å². The Kier molecular flexibility index (Phi) is 5.20. The minimum Gasteiger partial charge on any atom is -0.381 e. The summed E-state index contributed by atoms with van der Waals surface area (Å²) < 4.78 is 21.3. The van der Waals surface area contributed by atoms with E-state index in [9.17, 15) is 9.18 Å². The molecule has 0 bridgehead atoms. The van der Waals surface area contributed by atoms with Gasteiger partial charge in [0.05, 0.1) is 0 Å². The van der Waals surface area contributed by atoms with Gasteiger partial charge >= 0.3 is 0 Å². The average molecular weight is 372 g/mol. The Bertz CT molecular complexity index is 814. The van der Waals surface area contributed by atoms with Crippen molar-refractivity contribution < 1.29 is 13.9 Å². The number of rotatable bonds is 4. The molecule has 0 unspecified atom stereocenters. The predicted octanol–water partition coefficient (Wildman–Crippen LogP) is 2.62. The molecule has 6 nitrogen and oxygen atoms in total. The fourth-order valence-electron chi connectivity index (χ4n) is 4.13. The quantitative estimate of drug-likeness (QED) is 0.896. The number of aromatic nitrogens is 3. The summed E-state index contributed by atoms with van der Waals surface area (Å²) in [7, 11) is 0. The molecule has 1 saturated heterocycles. The number of hydrogen-bond donors (Lipinski definition) is 1. The van der Waals surface area contributed by atoms with E-state index >= 15 is 0 Å². The molecule has 0 spiro atoms. The molecule has 27 heavy (non-hydrogen) atoms. The molecule has 1 aromatic carbocycles. The maximum Gasteiger partial charge on any atom is 0.289 e. The number of nitrogens with zero attached hydrogens (tertiary/aromatic N) is 3. The monoisotopic (exact) mass is 372 g/mol. The normalized spacial score (nSPS) is 19.1. The molecule has 0 radical (unpaired) electrons. The Balaban J connectivity index is 1.53. The van der Waals surface area contributed by atoms with Crippen molar-refractivity contribution in [1.82, 2.24) is 20.1 Å². The van der Waals surface area contributed by atoms with Gasteiger partial charge in [-0.15, -0.1) is 10.2 Å². The van der Waals surface area contributed by atoms with Crippen LogP contribution >= 0.6 is 0 Å². The van der Waals surface area contributed by atoms with Crippen LogP contribution in [-0.4, -0.2) is 40.4 Å². The van der Waals surface area contributed by atoms with Gasteiger partial charge in [-0.25, -0.2) is 4.39 Å². The fourth-order valence-corrected chi connectivity index (χ4v) is 4.13. The van der Waals surface area contributed by atoms with E-state index in [2.05, 4.69) is 15.5 Å². The van der Waals surface area contributed by atoms with Crippen molar-refractivity contribution in [2.24, 2.45) is 0 Å². The molecule has 1 aromatic heterocycles. The summed E-state index contributed by atoms with van der Waals surface area (Å²) in [5.41, 5.74) is 0.587. The Morgan fingerprint density at radius 1 is 1.22 bits per heavy atom. The lowest BCUT2D eigenvalue weighted by Crippen LogP contribution is -2.45. The molecule has 0 atom stereocenters. The van der Waals surface area contributed by atoms with E-state index in [4.69, 9.17) is 4.74 Å². The van der Waals surface area contributed by atoms with Gasteiger partial charge in [-0.05, 0) is 43.4 Å². The summed E-state index contributed by atoms with van der Waals surface area (Å²) in [6.07, 6.45) is 5.62. The summed E-state index contributed by atoms with van der Waals surface area (Å²) in [4.78, 5) is 12.8. The molecule has 1 fully saturated rings. The van der Waals surface area contributed by atoms with Crippen LogP contribution in [0.1, 0.15) is 54.1 Å². The van der Waals surface area contributed by atoms with E-state index in [-0.39, 0.29) is 17.1 Å². The van der Waals surface area contributed by atoms with Gasteiger partial charge in [0.1, 0.15) is 11.6 Å². The molecule has 1 amide bonds. The lowest BCUT2D eigenvalue weighted by Gasteiger charge is -2.38. The second kappa shape index (κ2) is 7.76. The molecular formula is C20H25FN4O2. The highest BCUT2D eigenvalue weighted by atomic mass is 19.1. The van der Waals surface area contributed by atoms with Gasteiger partial charge in [0.15, 0.2) is 0 Å². The Morgan fingerprint density at radius 3 is 2.89 bits per heavy atom. The molecule has 2 aromatic rings. The van der Waals surface area contributed by atoms with Gasteiger partial charge in [0.25, 0.3) is 5.91 Å². The molecular weight excluding hydrogens is 347 g/mol. The highest BCUT2D eigenvalue weighted by molar-refractivity contribution is 5.90. The van der Waals surface area contributed by atoms with Crippen LogP contribution in [0.3, 0.4) is 0 Å². The third kappa shape index (κ3) is 3.74. The van der Waals surface area contributed by atoms with Crippen LogP contribution in [0.15, 0.2) is 24.3 Å². The summed E-state index contributed by atoms with van der Waals surface area (Å²) >= 11 is 0. The average Bonchev–Trinajstić information content (AvgIpc) is 2.95. The van der Waals surface area contributed by atoms with Crippen LogP contribution in [0.2, 0.25) is 0 Å². The third-order valence-corrected chi connectivity index (χ3v) is 5.79. The van der Waals surface area contributed by atoms with Crippen LogP contribution in [0.5, 0.6) is 0 Å². The lowest BCUT2D eigenvalue weighted by atomic mass is 9.74. The second-order valence-electron chi connectivity index (χ2n) is 7.49. The zero-order valence-electron chi connectivity index (χ0n) is 15.4. The number of hydrogen-bond acceptors (Lipinski definition) is 4. The summed E-state index contributed by atoms with van der Waals surface area (Å²) in [6, 6.07) is 6.67. The molecule has 4 rings (SSSR count). The van der Waals surface area contributed by atoms with E-state index in [1.165, 1.54) is 6.07 Å². The molecule has 7 heteroatoms. The topological polar surface area (TPSA) is 69.0 Å². The number of carbonyl (C=O) groups is 1. The Labute approximate surface area is 158 Å². The van der Waals surface area contributed by atoms with Crippen molar-refractivity contribution in [2.75, 3.05) is 19.8 Å². The van der Waals surface area contributed by atoms with E-state index in [1.807, 2.05) is 10.6 Å². The summed E-state index contributed by atoms with van der Waals surface area (Å²) in [6.45, 7) is 2.42. The fraction of sp³-hybridized carbons (Fsp3) is 0.550. The van der Waals surface area contributed by atoms with Crippen LogP contribution < -0.4 is 5.32 Å². The van der Waals surface area contributed by atoms with Crippen molar-refractivity contribution in [2.45, 2.75) is 50.5 Å². The van der Waals surface area contributed by atoms with Crippen LogP contribution in [0.25, 0.3) is 0 Å². The molecule has 0 saturated carbocycles. The predicted molar refractivity (Wildman–Crippen MR) is 98.0 cm³/mol. The highest BCUT2D eigenvalue weighted by Crippen LogP contribution is 2.34. The van der Waals surface area contributed by atoms with Gasteiger partial charge in [-0.1, -0.05) is 18.6 Å². The number of carbonyl (C=O) groups excluding carboxylic acids is 1. The van der Waals surface area contributed by atoms with Crippen LogP contribution in [0.4, 0.5) is 4.39 Å². The smallest absolute Gasteiger partial charge is 0.289 e. The number of halogens is 1. The number of aryl methyl sites for hydroxylation is 1. The third-order valence-electron chi connectivity index (χ3n) is 5.79. The number of nitrogens with one attached hydrogen (secondary N) is 1. The standard InChI is InChI=1S/C20H25FN4O2/c21-16-6-4-5-15(13-16)20(8-11-27-12-9-20)14-22-19(26)18-24-23-17-7-2-1-3-10-25(17)18/h4-6,13H,1-3,7-12,14H2,(H,22,26). The van der Waals surface area contributed by atoms with Crippen molar-refractivity contribution in [3.63, 3.8) is 0 Å². The largest absolute Gasteiger partial charge is 0.381 e. The van der Waals surface area contributed by atoms with Gasteiger partial charge in [-0.2, -0.15) is 0 Å². The van der Waals surface area contributed by atoms with Crippen molar-refractivity contribution in [1.29, 1.82) is 0 Å². The minimum atomic E-state index is -0.322. The first-order chi connectivity index (χ1) is 13.2. The van der Waals surface area contributed by atoms with Crippen LogP contribution in [-0.2, 0) is 23.1 Å². The van der Waals surface area contributed by atoms with Crippen LogP contribution in [0, 0.1) is 5.82 Å².